The summed E-state index contributed by atoms with van der Waals surface area (Å²) in [7, 11) is 2.93. The van der Waals surface area contributed by atoms with Crippen LogP contribution in [-0.4, -0.2) is 99.1 Å². The Morgan fingerprint density at radius 2 is 1.74 bits per heavy atom. The first-order chi connectivity index (χ1) is 18.3. The number of aromatic hydroxyl groups is 1. The number of hydrogen-bond donors (Lipinski definition) is 4. The van der Waals surface area contributed by atoms with Gasteiger partial charge in [-0.15, -0.1) is 0 Å². The van der Waals surface area contributed by atoms with Crippen molar-refractivity contribution >= 4 is 29.0 Å². The van der Waals surface area contributed by atoms with Crippen molar-refractivity contribution in [3.8, 4) is 5.75 Å². The van der Waals surface area contributed by atoms with Gasteiger partial charge < -0.3 is 21.1 Å². The standard InChI is InChI=1S/C28H35N3O8/c1-12-14-8-7-13(11-31-9-5-4-6-10-31)21(32)16(14)22(33)17-15(12)23(34)19-20(30(2)3)24(35)18(27(29)38)26(37)28(19,39)25(17)36/h7-8,12,15,17-20,23,32,34,39H,4-6,9-11H2,1-3H3,(H2,29,38). The van der Waals surface area contributed by atoms with Crippen LogP contribution in [0.25, 0.3) is 0 Å². The third kappa shape index (κ3) is 3.81. The van der Waals surface area contributed by atoms with Gasteiger partial charge in [-0.2, -0.15) is 0 Å². The van der Waals surface area contributed by atoms with E-state index in [9.17, 15) is 39.3 Å². The zero-order chi connectivity index (χ0) is 28.5. The number of fused-ring (bicyclic) bond motifs is 3. The molecular formula is C28H35N3O8. The third-order valence-corrected chi connectivity index (χ3v) is 9.42. The molecule has 11 heteroatoms. The SMILES string of the molecule is CC1c2ccc(CN3CCCCC3)c(O)c2C(=O)C2C(=O)C3(O)C(=O)C(C(N)=O)C(=O)C(N(C)C)C3C(O)C21. The van der Waals surface area contributed by atoms with E-state index in [0.717, 1.165) is 32.4 Å². The summed E-state index contributed by atoms with van der Waals surface area (Å²) in [4.78, 5) is 70.2. The summed E-state index contributed by atoms with van der Waals surface area (Å²) >= 11 is 0. The Morgan fingerprint density at radius 1 is 1.10 bits per heavy atom. The van der Waals surface area contributed by atoms with Crippen molar-refractivity contribution in [2.45, 2.75) is 56.4 Å². The number of piperidine rings is 1. The summed E-state index contributed by atoms with van der Waals surface area (Å²) in [6.45, 7) is 3.85. The van der Waals surface area contributed by atoms with E-state index in [4.69, 9.17) is 5.73 Å². The molecule has 1 aliphatic heterocycles. The number of nitrogens with two attached hydrogens (primary N) is 1. The van der Waals surface area contributed by atoms with Gasteiger partial charge in [0.05, 0.1) is 29.5 Å². The van der Waals surface area contributed by atoms with E-state index in [1.165, 1.54) is 19.0 Å². The molecule has 1 saturated heterocycles. The molecule has 2 saturated carbocycles. The molecule has 11 nitrogen and oxygen atoms in total. The zero-order valence-electron chi connectivity index (χ0n) is 22.3. The normalized spacial score (nSPS) is 36.9. The molecule has 1 aromatic rings. The second kappa shape index (κ2) is 9.58. The summed E-state index contributed by atoms with van der Waals surface area (Å²) in [5.74, 6) is -12.9. The van der Waals surface area contributed by atoms with Gasteiger partial charge in [-0.25, -0.2) is 0 Å². The number of ketones is 4. The van der Waals surface area contributed by atoms with E-state index in [1.54, 1.807) is 19.1 Å². The maximum atomic E-state index is 14.0. The number of rotatable bonds is 4. The Hall–Kier alpha value is -2.99. The molecule has 39 heavy (non-hydrogen) atoms. The number of hydrogen-bond acceptors (Lipinski definition) is 10. The molecule has 3 fully saturated rings. The van der Waals surface area contributed by atoms with Crippen LogP contribution in [0.15, 0.2) is 12.1 Å². The number of likely N-dealkylation sites (N-methyl/N-ethyl adjacent to an activating group) is 1. The van der Waals surface area contributed by atoms with Gasteiger partial charge >= 0.3 is 0 Å². The molecule has 1 heterocycles. The fourth-order valence-electron chi connectivity index (χ4n) is 7.52. The summed E-state index contributed by atoms with van der Waals surface area (Å²) in [5.41, 5.74) is 3.26. The molecule has 8 atom stereocenters. The molecule has 1 amide bonds. The van der Waals surface area contributed by atoms with Crippen LogP contribution in [0, 0.1) is 23.7 Å². The molecule has 0 radical (unpaired) electrons. The van der Waals surface area contributed by atoms with Crippen molar-refractivity contribution in [2.75, 3.05) is 27.2 Å². The zero-order valence-corrected chi connectivity index (χ0v) is 22.3. The van der Waals surface area contributed by atoms with Gasteiger partial charge in [-0.05, 0) is 51.5 Å². The molecular weight excluding hydrogens is 506 g/mol. The number of likely N-dealkylation sites (tertiary alicyclic amines) is 1. The van der Waals surface area contributed by atoms with Gasteiger partial charge in [0.2, 0.25) is 5.91 Å². The lowest BCUT2D eigenvalue weighted by atomic mass is 9.49. The number of Topliss-reactive ketones (excluding diaryl/α,β-unsaturated/α-hetero) is 4. The Bertz CT molecular complexity index is 1270. The Kier molecular flexibility index (Phi) is 6.77. The first-order valence-electron chi connectivity index (χ1n) is 13.4. The van der Waals surface area contributed by atoms with E-state index in [-0.39, 0.29) is 11.3 Å². The predicted octanol–water partition coefficient (Wildman–Crippen LogP) is -0.615. The van der Waals surface area contributed by atoms with Crippen LogP contribution in [0.5, 0.6) is 5.75 Å². The van der Waals surface area contributed by atoms with Crippen LogP contribution in [0.1, 0.15) is 53.6 Å². The average molecular weight is 542 g/mol. The number of primary amides is 1. The Labute approximate surface area is 225 Å². The van der Waals surface area contributed by atoms with Crippen molar-refractivity contribution in [2.24, 2.45) is 29.4 Å². The lowest BCUT2D eigenvalue weighted by Crippen LogP contribution is -2.77. The minimum absolute atomic E-state index is 0.0594. The first-order valence-corrected chi connectivity index (χ1v) is 13.4. The van der Waals surface area contributed by atoms with Gasteiger partial charge in [0.1, 0.15) is 5.75 Å². The summed E-state index contributed by atoms with van der Waals surface area (Å²) in [6, 6.07) is 2.08. The second-order valence-corrected chi connectivity index (χ2v) is 11.7. The van der Waals surface area contributed by atoms with Gasteiger partial charge in [0.25, 0.3) is 0 Å². The van der Waals surface area contributed by atoms with E-state index in [1.807, 2.05) is 0 Å². The van der Waals surface area contributed by atoms with Crippen LogP contribution >= 0.6 is 0 Å². The maximum absolute atomic E-state index is 14.0. The van der Waals surface area contributed by atoms with Gasteiger partial charge in [-0.1, -0.05) is 25.5 Å². The summed E-state index contributed by atoms with van der Waals surface area (Å²) in [6.07, 6.45) is 1.58. The lowest BCUT2D eigenvalue weighted by Gasteiger charge is -2.56. The number of amides is 1. The molecule has 8 unspecified atom stereocenters. The fraction of sp³-hybridized carbons (Fsp3) is 0.607. The highest BCUT2D eigenvalue weighted by Crippen LogP contribution is 2.54. The molecule has 210 valence electrons. The van der Waals surface area contributed by atoms with E-state index < -0.39 is 76.4 Å². The second-order valence-electron chi connectivity index (χ2n) is 11.7. The van der Waals surface area contributed by atoms with Gasteiger partial charge in [0.15, 0.2) is 34.7 Å². The highest BCUT2D eigenvalue weighted by Gasteiger charge is 2.72. The highest BCUT2D eigenvalue weighted by atomic mass is 16.3. The van der Waals surface area contributed by atoms with Crippen molar-refractivity contribution in [3.63, 3.8) is 0 Å². The number of phenols is 1. The number of carbonyl (C=O) groups is 5. The number of phenolic OH excluding ortho intramolecular Hbond substituents is 1. The van der Waals surface area contributed by atoms with E-state index >= 15 is 0 Å². The minimum Gasteiger partial charge on any atom is -0.507 e. The number of aliphatic hydroxyl groups is 2. The average Bonchev–Trinajstić information content (AvgIpc) is 2.87. The number of nitrogens with zero attached hydrogens (tertiary/aromatic N) is 2. The molecule has 5 rings (SSSR count). The molecule has 0 bridgehead atoms. The first kappa shape index (κ1) is 27.6. The molecule has 5 N–H and O–H groups in total. The maximum Gasteiger partial charge on any atom is 0.235 e. The third-order valence-electron chi connectivity index (χ3n) is 9.42. The number of carbonyl (C=O) groups excluding carboxylic acids is 5. The van der Waals surface area contributed by atoms with Crippen molar-refractivity contribution in [1.82, 2.24) is 9.80 Å². The smallest absolute Gasteiger partial charge is 0.235 e. The van der Waals surface area contributed by atoms with Crippen LogP contribution in [0.2, 0.25) is 0 Å². The van der Waals surface area contributed by atoms with Crippen LogP contribution < -0.4 is 5.73 Å². The highest BCUT2D eigenvalue weighted by molar-refractivity contribution is 6.32. The molecule has 3 aliphatic carbocycles. The van der Waals surface area contributed by atoms with Crippen molar-refractivity contribution in [3.05, 3.63) is 28.8 Å². The van der Waals surface area contributed by atoms with Crippen molar-refractivity contribution < 1.29 is 39.3 Å². The molecule has 0 aromatic heterocycles. The van der Waals surface area contributed by atoms with E-state index in [0.29, 0.717) is 17.7 Å². The van der Waals surface area contributed by atoms with Crippen LogP contribution in [0.3, 0.4) is 0 Å². The van der Waals surface area contributed by atoms with Crippen molar-refractivity contribution in [1.29, 1.82) is 0 Å². The van der Waals surface area contributed by atoms with Crippen LogP contribution in [0.4, 0.5) is 0 Å². The lowest BCUT2D eigenvalue weighted by molar-refractivity contribution is -0.196. The topological polar surface area (TPSA) is 179 Å². The Morgan fingerprint density at radius 3 is 2.33 bits per heavy atom. The number of aliphatic hydroxyl groups excluding tert-OH is 1. The largest absolute Gasteiger partial charge is 0.507 e. The van der Waals surface area contributed by atoms with Gasteiger partial charge in [0, 0.05) is 18.0 Å². The number of benzene rings is 1. The molecule has 4 aliphatic rings. The fourth-order valence-corrected chi connectivity index (χ4v) is 7.52. The quantitative estimate of drug-likeness (QED) is 0.359. The summed E-state index contributed by atoms with van der Waals surface area (Å²) < 4.78 is 0. The predicted molar refractivity (Wildman–Crippen MR) is 137 cm³/mol. The van der Waals surface area contributed by atoms with Crippen LogP contribution in [-0.2, 0) is 25.7 Å². The Balaban J connectivity index is 1.62. The monoisotopic (exact) mass is 541 g/mol. The molecule has 0 spiro atoms. The minimum atomic E-state index is -2.99. The summed E-state index contributed by atoms with van der Waals surface area (Å²) in [5, 5.41) is 34.6. The van der Waals surface area contributed by atoms with E-state index in [2.05, 4.69) is 4.90 Å². The molecule has 1 aromatic carbocycles. The van der Waals surface area contributed by atoms with Gasteiger partial charge in [-0.3, -0.25) is 33.8 Å².